The lowest BCUT2D eigenvalue weighted by Gasteiger charge is -2.08. The van der Waals surface area contributed by atoms with E-state index in [1.54, 1.807) is 12.1 Å². The Morgan fingerprint density at radius 3 is 2.43 bits per heavy atom. The summed E-state index contributed by atoms with van der Waals surface area (Å²) in [6.45, 7) is 1.92. The molecule has 0 aromatic heterocycles. The number of carbonyl (C=O) groups excluding carboxylic acids is 1. The minimum atomic E-state index is -0.640. The molecule has 0 fully saturated rings. The van der Waals surface area contributed by atoms with E-state index < -0.39 is 10.8 Å². The molecule has 0 aliphatic carbocycles. The Bertz CT molecular complexity index is 683. The fraction of sp³-hybridized carbons (Fsp3) is 0.0714. The number of carbonyl (C=O) groups is 1. The largest absolute Gasteiger partial charge is 0.322 e. The first-order chi connectivity index (χ1) is 10.0. The average Bonchev–Trinajstić information content (AvgIpc) is 2.48. The summed E-state index contributed by atoms with van der Waals surface area (Å²) in [7, 11) is 0. The molecular weight excluding hydrogens is 272 g/mol. The number of rotatable bonds is 4. The van der Waals surface area contributed by atoms with E-state index in [1.807, 2.05) is 19.1 Å². The van der Waals surface area contributed by atoms with Gasteiger partial charge in [-0.3, -0.25) is 20.8 Å². The molecule has 0 spiro atoms. The molecule has 1 amide bonds. The number of nitro groups is 1. The van der Waals surface area contributed by atoms with Gasteiger partial charge in [0.1, 0.15) is 11.3 Å². The number of aryl methyl sites for hydroxylation is 1. The van der Waals surface area contributed by atoms with Crippen LogP contribution >= 0.6 is 0 Å². The molecule has 0 radical (unpaired) electrons. The molecule has 2 aromatic carbocycles. The van der Waals surface area contributed by atoms with Gasteiger partial charge in [-0.25, -0.2) is 0 Å². The molecule has 7 nitrogen and oxygen atoms in total. The molecule has 21 heavy (non-hydrogen) atoms. The van der Waals surface area contributed by atoms with Gasteiger partial charge in [0.2, 0.25) is 0 Å². The first kappa shape index (κ1) is 14.5. The minimum absolute atomic E-state index is 0.0592. The fourth-order valence-electron chi connectivity index (χ4n) is 1.88. The van der Waals surface area contributed by atoms with Crippen molar-refractivity contribution in [2.45, 2.75) is 6.92 Å². The maximum atomic E-state index is 12.2. The molecule has 2 rings (SSSR count). The van der Waals surface area contributed by atoms with Crippen molar-refractivity contribution in [1.29, 1.82) is 0 Å². The van der Waals surface area contributed by atoms with Gasteiger partial charge in [0.15, 0.2) is 0 Å². The van der Waals surface area contributed by atoms with Crippen molar-refractivity contribution in [3.63, 3.8) is 0 Å². The molecule has 108 valence electrons. The molecular formula is C14H14N4O3. The highest BCUT2D eigenvalue weighted by Gasteiger charge is 2.24. The second-order valence-corrected chi connectivity index (χ2v) is 4.42. The smallest absolute Gasteiger partial charge is 0.306 e. The monoisotopic (exact) mass is 286 g/mol. The first-order valence-electron chi connectivity index (χ1n) is 6.15. The van der Waals surface area contributed by atoms with Gasteiger partial charge in [0.05, 0.1) is 4.92 Å². The van der Waals surface area contributed by atoms with Crippen LogP contribution in [0, 0.1) is 17.0 Å². The number of benzene rings is 2. The summed E-state index contributed by atoms with van der Waals surface area (Å²) in [4.78, 5) is 22.7. The van der Waals surface area contributed by atoms with Crippen molar-refractivity contribution in [3.8, 4) is 0 Å². The Hall–Kier alpha value is -2.93. The quantitative estimate of drug-likeness (QED) is 0.454. The molecule has 0 unspecified atom stereocenters. The van der Waals surface area contributed by atoms with Crippen LogP contribution in [-0.2, 0) is 0 Å². The zero-order chi connectivity index (χ0) is 15.4. The van der Waals surface area contributed by atoms with Crippen molar-refractivity contribution in [1.82, 2.24) is 0 Å². The molecule has 0 heterocycles. The normalized spacial score (nSPS) is 10.0. The lowest BCUT2D eigenvalue weighted by Crippen LogP contribution is -2.16. The second-order valence-electron chi connectivity index (χ2n) is 4.42. The molecule has 7 heteroatoms. The summed E-state index contributed by atoms with van der Waals surface area (Å²) in [6.07, 6.45) is 0. The summed E-state index contributed by atoms with van der Waals surface area (Å²) >= 11 is 0. The van der Waals surface area contributed by atoms with Crippen molar-refractivity contribution < 1.29 is 9.72 Å². The van der Waals surface area contributed by atoms with Gasteiger partial charge < -0.3 is 10.7 Å². The number of nitrogens with zero attached hydrogens (tertiary/aromatic N) is 1. The summed E-state index contributed by atoms with van der Waals surface area (Å²) in [5, 5.41) is 13.8. The van der Waals surface area contributed by atoms with E-state index >= 15 is 0 Å². The number of anilines is 2. The Labute approximate surface area is 120 Å². The molecule has 0 saturated heterocycles. The van der Waals surface area contributed by atoms with Crippen LogP contribution in [0.3, 0.4) is 0 Å². The Balaban J connectivity index is 2.35. The molecule has 0 saturated carbocycles. The average molecular weight is 286 g/mol. The van der Waals surface area contributed by atoms with E-state index in [-0.39, 0.29) is 16.9 Å². The van der Waals surface area contributed by atoms with Crippen LogP contribution in [0.1, 0.15) is 15.9 Å². The number of para-hydroxylation sites is 1. The van der Waals surface area contributed by atoms with E-state index in [4.69, 9.17) is 5.84 Å². The van der Waals surface area contributed by atoms with Gasteiger partial charge in [-0.15, -0.1) is 0 Å². The molecule has 4 N–H and O–H groups in total. The van der Waals surface area contributed by atoms with Gasteiger partial charge >= 0.3 is 5.69 Å². The van der Waals surface area contributed by atoms with Crippen molar-refractivity contribution in [3.05, 3.63) is 63.7 Å². The number of hydrazine groups is 1. The SMILES string of the molecule is Cc1ccc(NC(=O)c2cccc(NN)c2[N+](=O)[O-])cc1. The van der Waals surface area contributed by atoms with Gasteiger partial charge in [0.25, 0.3) is 5.91 Å². The number of nitrogens with two attached hydrogens (primary N) is 1. The number of hydrogen-bond donors (Lipinski definition) is 3. The third kappa shape index (κ3) is 3.15. The van der Waals surface area contributed by atoms with Crippen LogP contribution in [0.15, 0.2) is 42.5 Å². The third-order valence-corrected chi connectivity index (χ3v) is 2.93. The molecule has 0 bridgehead atoms. The summed E-state index contributed by atoms with van der Waals surface area (Å²) in [5.41, 5.74) is 3.50. The van der Waals surface area contributed by atoms with E-state index in [0.717, 1.165) is 5.56 Å². The highest BCUT2D eigenvalue weighted by Crippen LogP contribution is 2.28. The van der Waals surface area contributed by atoms with Crippen molar-refractivity contribution >= 4 is 23.0 Å². The maximum Gasteiger partial charge on any atom is 0.306 e. The predicted octanol–water partition coefficient (Wildman–Crippen LogP) is 2.44. The lowest BCUT2D eigenvalue weighted by molar-refractivity contribution is -0.384. The van der Waals surface area contributed by atoms with Crippen LogP contribution in [0.4, 0.5) is 17.1 Å². The van der Waals surface area contributed by atoms with E-state index in [1.165, 1.54) is 18.2 Å². The van der Waals surface area contributed by atoms with Gasteiger partial charge in [-0.05, 0) is 31.2 Å². The Morgan fingerprint density at radius 1 is 1.19 bits per heavy atom. The van der Waals surface area contributed by atoms with Crippen LogP contribution in [-0.4, -0.2) is 10.8 Å². The topological polar surface area (TPSA) is 110 Å². The van der Waals surface area contributed by atoms with Crippen LogP contribution < -0.4 is 16.6 Å². The van der Waals surface area contributed by atoms with Crippen LogP contribution in [0.5, 0.6) is 0 Å². The second kappa shape index (κ2) is 6.02. The number of nitro benzene ring substituents is 1. The van der Waals surface area contributed by atoms with Gasteiger partial charge in [-0.1, -0.05) is 23.8 Å². The van der Waals surface area contributed by atoms with Crippen molar-refractivity contribution in [2.24, 2.45) is 5.84 Å². The van der Waals surface area contributed by atoms with Gasteiger partial charge in [-0.2, -0.15) is 0 Å². The van der Waals surface area contributed by atoms with E-state index in [9.17, 15) is 14.9 Å². The van der Waals surface area contributed by atoms with Crippen molar-refractivity contribution in [2.75, 3.05) is 10.7 Å². The predicted molar refractivity (Wildman–Crippen MR) is 80.0 cm³/mol. The van der Waals surface area contributed by atoms with Crippen LogP contribution in [0.25, 0.3) is 0 Å². The lowest BCUT2D eigenvalue weighted by atomic mass is 10.1. The third-order valence-electron chi connectivity index (χ3n) is 2.93. The summed E-state index contributed by atoms with van der Waals surface area (Å²) < 4.78 is 0. The standard InChI is InChI=1S/C14H14N4O3/c1-9-5-7-10(8-6-9)16-14(19)11-3-2-4-12(17-15)13(11)18(20)21/h2-8,17H,15H2,1H3,(H,16,19). The van der Waals surface area contributed by atoms with Crippen LogP contribution in [0.2, 0.25) is 0 Å². The zero-order valence-corrected chi connectivity index (χ0v) is 11.3. The molecule has 2 aromatic rings. The van der Waals surface area contributed by atoms with Gasteiger partial charge in [0, 0.05) is 5.69 Å². The summed E-state index contributed by atoms with van der Waals surface area (Å²) in [6, 6.07) is 11.5. The Kier molecular flexibility index (Phi) is 4.15. The zero-order valence-electron chi connectivity index (χ0n) is 11.3. The number of hydrogen-bond acceptors (Lipinski definition) is 5. The highest BCUT2D eigenvalue weighted by atomic mass is 16.6. The number of nitrogen functional groups attached to an aromatic ring is 1. The molecule has 0 aliphatic heterocycles. The maximum absolute atomic E-state index is 12.2. The highest BCUT2D eigenvalue weighted by molar-refractivity contribution is 6.08. The molecule has 0 aliphatic rings. The van der Waals surface area contributed by atoms with E-state index in [0.29, 0.717) is 5.69 Å². The number of nitrogens with one attached hydrogen (secondary N) is 2. The first-order valence-corrected chi connectivity index (χ1v) is 6.15. The van der Waals surface area contributed by atoms with E-state index in [2.05, 4.69) is 10.7 Å². The fourth-order valence-corrected chi connectivity index (χ4v) is 1.88. The minimum Gasteiger partial charge on any atom is -0.322 e. The number of amides is 1. The molecule has 0 atom stereocenters. The Morgan fingerprint density at radius 2 is 1.86 bits per heavy atom. The summed E-state index contributed by atoms with van der Waals surface area (Å²) in [5.74, 6) is 4.67.